The second kappa shape index (κ2) is 5.17. The van der Waals surface area contributed by atoms with Crippen LogP contribution in [0.4, 0.5) is 0 Å². The third kappa shape index (κ3) is 2.86. The van der Waals surface area contributed by atoms with Crippen LogP contribution in [-0.4, -0.2) is 10.4 Å². The highest BCUT2D eigenvalue weighted by atomic mass is 79.9. The molecule has 1 fully saturated rings. The molecule has 0 amide bonds. The van der Waals surface area contributed by atoms with Crippen molar-refractivity contribution in [2.45, 2.75) is 39.2 Å². The van der Waals surface area contributed by atoms with Crippen molar-refractivity contribution >= 4 is 21.7 Å². The van der Waals surface area contributed by atoms with Crippen LogP contribution in [0, 0.1) is 12.8 Å². The van der Waals surface area contributed by atoms with E-state index in [1.54, 1.807) is 10.8 Å². The van der Waals surface area contributed by atoms with E-state index < -0.39 is 0 Å². The van der Waals surface area contributed by atoms with Gasteiger partial charge in [0.15, 0.2) is 0 Å². The largest absolute Gasteiger partial charge is 0.314 e. The Labute approximate surface area is 109 Å². The fourth-order valence-corrected chi connectivity index (χ4v) is 2.98. The molecule has 1 aliphatic rings. The Bertz CT molecular complexity index is 493. The lowest BCUT2D eigenvalue weighted by Gasteiger charge is -2.11. The summed E-state index contributed by atoms with van der Waals surface area (Å²) in [6.45, 7) is 2.44. The summed E-state index contributed by atoms with van der Waals surface area (Å²) in [6, 6.07) is 1.82. The van der Waals surface area contributed by atoms with Gasteiger partial charge in [0.1, 0.15) is 5.78 Å². The quantitative estimate of drug-likeness (QED) is 0.860. The second-order valence-corrected chi connectivity index (χ2v) is 5.60. The predicted molar refractivity (Wildman–Crippen MR) is 70.1 cm³/mol. The van der Waals surface area contributed by atoms with Crippen LogP contribution in [0.5, 0.6) is 0 Å². The van der Waals surface area contributed by atoms with Crippen molar-refractivity contribution in [3.8, 4) is 0 Å². The third-order valence-electron chi connectivity index (χ3n) is 3.38. The molecule has 0 radical (unpaired) electrons. The van der Waals surface area contributed by atoms with E-state index in [0.717, 1.165) is 35.7 Å². The number of halogens is 1. The molecule has 1 atom stereocenters. The molecule has 1 aromatic heterocycles. The van der Waals surface area contributed by atoms with Gasteiger partial charge in [0, 0.05) is 35.1 Å². The highest BCUT2D eigenvalue weighted by Gasteiger charge is 2.23. The summed E-state index contributed by atoms with van der Waals surface area (Å²) in [5.41, 5.74) is 0.774. The van der Waals surface area contributed by atoms with Crippen molar-refractivity contribution in [3.05, 3.63) is 32.7 Å². The summed E-state index contributed by atoms with van der Waals surface area (Å²) < 4.78 is 2.61. The second-order valence-electron chi connectivity index (χ2n) is 4.68. The molecule has 3 nitrogen and oxygen atoms in total. The normalized spacial score (nSPS) is 19.9. The Morgan fingerprint density at radius 1 is 1.47 bits per heavy atom. The SMILES string of the molecule is Cc1cc(Br)cn(CCC2CCCC2=O)c1=O. The topological polar surface area (TPSA) is 39.1 Å². The van der Waals surface area contributed by atoms with Crippen LogP contribution in [0.15, 0.2) is 21.5 Å². The Hall–Kier alpha value is -0.900. The molecule has 0 bridgehead atoms. The Morgan fingerprint density at radius 2 is 2.24 bits per heavy atom. The van der Waals surface area contributed by atoms with Crippen LogP contribution in [0.3, 0.4) is 0 Å². The predicted octanol–water partition coefficient (Wildman–Crippen LogP) is 2.68. The molecule has 1 aromatic rings. The van der Waals surface area contributed by atoms with E-state index in [-0.39, 0.29) is 11.5 Å². The molecule has 1 saturated carbocycles. The summed E-state index contributed by atoms with van der Waals surface area (Å²) in [4.78, 5) is 23.4. The minimum Gasteiger partial charge on any atom is -0.314 e. The van der Waals surface area contributed by atoms with E-state index >= 15 is 0 Å². The minimum atomic E-state index is 0.0404. The molecule has 1 heterocycles. The molecular weight excluding hydrogens is 282 g/mol. The number of aryl methyl sites for hydroxylation is 2. The molecule has 0 N–H and O–H groups in total. The molecule has 0 saturated heterocycles. The number of aromatic nitrogens is 1. The summed E-state index contributed by atoms with van der Waals surface area (Å²) in [5.74, 6) is 0.533. The zero-order chi connectivity index (χ0) is 12.4. The molecule has 0 aliphatic heterocycles. The first-order valence-corrected chi connectivity index (χ1v) is 6.76. The van der Waals surface area contributed by atoms with Gasteiger partial charge in [0.2, 0.25) is 0 Å². The van der Waals surface area contributed by atoms with Gasteiger partial charge >= 0.3 is 0 Å². The van der Waals surface area contributed by atoms with E-state index in [9.17, 15) is 9.59 Å². The van der Waals surface area contributed by atoms with Gasteiger partial charge in [-0.3, -0.25) is 9.59 Å². The van der Waals surface area contributed by atoms with E-state index in [1.165, 1.54) is 0 Å². The lowest BCUT2D eigenvalue weighted by atomic mass is 10.0. The Balaban J connectivity index is 2.09. The minimum absolute atomic E-state index is 0.0404. The van der Waals surface area contributed by atoms with E-state index in [1.807, 2.05) is 13.0 Å². The molecule has 2 rings (SSSR count). The van der Waals surface area contributed by atoms with Crippen molar-refractivity contribution in [1.29, 1.82) is 0 Å². The van der Waals surface area contributed by atoms with Gasteiger partial charge in [-0.2, -0.15) is 0 Å². The summed E-state index contributed by atoms with van der Waals surface area (Å²) in [5, 5.41) is 0. The lowest BCUT2D eigenvalue weighted by Crippen LogP contribution is -2.23. The maximum absolute atomic E-state index is 11.9. The first-order chi connectivity index (χ1) is 8.08. The third-order valence-corrected chi connectivity index (χ3v) is 3.82. The van der Waals surface area contributed by atoms with Gasteiger partial charge in [0.25, 0.3) is 5.56 Å². The van der Waals surface area contributed by atoms with Crippen LogP contribution in [0.25, 0.3) is 0 Å². The number of pyridine rings is 1. The zero-order valence-electron chi connectivity index (χ0n) is 9.91. The van der Waals surface area contributed by atoms with E-state index in [2.05, 4.69) is 15.9 Å². The van der Waals surface area contributed by atoms with Gasteiger partial charge in [-0.15, -0.1) is 0 Å². The smallest absolute Gasteiger partial charge is 0.253 e. The highest BCUT2D eigenvalue weighted by molar-refractivity contribution is 9.10. The first-order valence-electron chi connectivity index (χ1n) is 5.97. The molecule has 0 aromatic carbocycles. The fraction of sp³-hybridized carbons (Fsp3) is 0.538. The van der Waals surface area contributed by atoms with Crippen molar-refractivity contribution in [2.24, 2.45) is 5.92 Å². The van der Waals surface area contributed by atoms with E-state index in [4.69, 9.17) is 0 Å². The summed E-state index contributed by atoms with van der Waals surface area (Å²) in [6.07, 6.45) is 5.30. The standard InChI is InChI=1S/C13H16BrNO2/c1-9-7-11(14)8-15(13(9)17)6-5-10-3-2-4-12(10)16/h7-8,10H,2-6H2,1H3. The number of nitrogens with zero attached hydrogens (tertiary/aromatic N) is 1. The van der Waals surface area contributed by atoms with Crippen LogP contribution in [0.1, 0.15) is 31.2 Å². The number of ketones is 1. The maximum Gasteiger partial charge on any atom is 0.253 e. The van der Waals surface area contributed by atoms with Crippen molar-refractivity contribution in [2.75, 3.05) is 0 Å². The Kier molecular flexibility index (Phi) is 3.82. The molecule has 1 aliphatic carbocycles. The van der Waals surface area contributed by atoms with Gasteiger partial charge < -0.3 is 4.57 Å². The number of rotatable bonds is 3. The van der Waals surface area contributed by atoms with E-state index in [0.29, 0.717) is 12.3 Å². The number of Topliss-reactive ketones (excluding diaryl/α,β-unsaturated/α-hetero) is 1. The number of hydrogen-bond acceptors (Lipinski definition) is 2. The molecule has 4 heteroatoms. The maximum atomic E-state index is 11.9. The summed E-state index contributed by atoms with van der Waals surface area (Å²) in [7, 11) is 0. The van der Waals surface area contributed by atoms with Crippen LogP contribution >= 0.6 is 15.9 Å². The first kappa shape index (κ1) is 12.6. The van der Waals surface area contributed by atoms with Crippen LogP contribution < -0.4 is 5.56 Å². The number of hydrogen-bond donors (Lipinski definition) is 0. The lowest BCUT2D eigenvalue weighted by molar-refractivity contribution is -0.120. The monoisotopic (exact) mass is 297 g/mol. The average Bonchev–Trinajstić information content (AvgIpc) is 2.67. The van der Waals surface area contributed by atoms with Gasteiger partial charge in [-0.25, -0.2) is 0 Å². The highest BCUT2D eigenvalue weighted by Crippen LogP contribution is 2.24. The van der Waals surface area contributed by atoms with Crippen LogP contribution in [-0.2, 0) is 11.3 Å². The molecule has 17 heavy (non-hydrogen) atoms. The zero-order valence-corrected chi connectivity index (χ0v) is 11.5. The van der Waals surface area contributed by atoms with Gasteiger partial charge in [-0.1, -0.05) is 0 Å². The fourth-order valence-electron chi connectivity index (χ4n) is 2.39. The van der Waals surface area contributed by atoms with Crippen molar-refractivity contribution < 1.29 is 4.79 Å². The van der Waals surface area contributed by atoms with Gasteiger partial charge in [-0.05, 0) is 48.2 Å². The Morgan fingerprint density at radius 3 is 2.88 bits per heavy atom. The summed E-state index contributed by atoms with van der Waals surface area (Å²) >= 11 is 3.39. The molecular formula is C13H16BrNO2. The van der Waals surface area contributed by atoms with Crippen molar-refractivity contribution in [1.82, 2.24) is 4.57 Å². The number of carbonyl (C=O) groups excluding carboxylic acids is 1. The molecule has 92 valence electrons. The van der Waals surface area contributed by atoms with Crippen LogP contribution in [0.2, 0.25) is 0 Å². The molecule has 1 unspecified atom stereocenters. The van der Waals surface area contributed by atoms with Crippen molar-refractivity contribution in [3.63, 3.8) is 0 Å². The molecule has 0 spiro atoms. The average molecular weight is 298 g/mol. The van der Waals surface area contributed by atoms with Gasteiger partial charge in [0.05, 0.1) is 0 Å². The number of carbonyl (C=O) groups is 1.